The quantitative estimate of drug-likeness (QED) is 0.854. The van der Waals surface area contributed by atoms with Crippen LogP contribution in [0.25, 0.3) is 0 Å². The first-order valence-electron chi connectivity index (χ1n) is 6.68. The summed E-state index contributed by atoms with van der Waals surface area (Å²) < 4.78 is 13.6. The van der Waals surface area contributed by atoms with Gasteiger partial charge in [0, 0.05) is 45.3 Å². The van der Waals surface area contributed by atoms with Gasteiger partial charge < -0.3 is 10.2 Å². The number of nitrogens with one attached hydrogen (secondary N) is 1. The minimum Gasteiger partial charge on any atom is -0.368 e. The zero-order valence-corrected chi connectivity index (χ0v) is 10.8. The lowest BCUT2D eigenvalue weighted by Crippen LogP contribution is -2.61. The van der Waals surface area contributed by atoms with E-state index in [1.54, 1.807) is 6.07 Å². The highest BCUT2D eigenvalue weighted by Gasteiger charge is 2.28. The van der Waals surface area contributed by atoms with Gasteiger partial charge in [-0.25, -0.2) is 4.39 Å². The summed E-state index contributed by atoms with van der Waals surface area (Å²) in [6, 6.07) is 7.49. The van der Waals surface area contributed by atoms with Gasteiger partial charge in [0.05, 0.1) is 5.69 Å². The molecule has 0 radical (unpaired) electrons. The molecule has 1 N–H and O–H groups in total. The topological polar surface area (TPSA) is 42.3 Å². The Hall–Kier alpha value is -1.64. The highest BCUT2D eigenvalue weighted by molar-refractivity contribution is 5.60. The summed E-state index contributed by atoms with van der Waals surface area (Å²) in [5, 5.41) is 12.4. The molecule has 5 heteroatoms. The van der Waals surface area contributed by atoms with Crippen LogP contribution < -0.4 is 10.2 Å². The van der Waals surface area contributed by atoms with Crippen LogP contribution in [-0.2, 0) is 0 Å². The number of halogens is 1. The molecule has 2 fully saturated rings. The van der Waals surface area contributed by atoms with E-state index < -0.39 is 5.82 Å². The molecule has 2 aliphatic rings. The van der Waals surface area contributed by atoms with Gasteiger partial charge in [0.1, 0.15) is 17.4 Å². The molecule has 0 bridgehead atoms. The van der Waals surface area contributed by atoms with E-state index in [-0.39, 0.29) is 5.56 Å². The number of nitrogens with zero attached hydrogens (tertiary/aromatic N) is 3. The third-order valence-corrected chi connectivity index (χ3v) is 4.03. The fraction of sp³-hybridized carbons (Fsp3) is 0.500. The van der Waals surface area contributed by atoms with Crippen LogP contribution in [0.15, 0.2) is 18.2 Å². The molecule has 2 saturated heterocycles. The average Bonchev–Trinajstić information content (AvgIpc) is 2.37. The maximum atomic E-state index is 13.6. The van der Waals surface area contributed by atoms with Gasteiger partial charge in [-0.1, -0.05) is 6.07 Å². The Morgan fingerprint density at radius 1 is 1.21 bits per heavy atom. The standard InChI is InChI=1S/C14H17FN4/c15-13-2-1-3-14(12(13)8-16)19-6-4-18(5-7-19)11-9-17-10-11/h1-3,11,17H,4-7,9-10H2. The minimum atomic E-state index is -0.425. The zero-order valence-electron chi connectivity index (χ0n) is 10.8. The van der Waals surface area contributed by atoms with Crippen LogP contribution in [0.2, 0.25) is 0 Å². The molecule has 0 unspecified atom stereocenters. The van der Waals surface area contributed by atoms with E-state index >= 15 is 0 Å². The molecule has 1 aromatic carbocycles. The van der Waals surface area contributed by atoms with Gasteiger partial charge in [0.25, 0.3) is 0 Å². The number of rotatable bonds is 2. The molecule has 1 aromatic rings. The summed E-state index contributed by atoms with van der Waals surface area (Å²) in [7, 11) is 0. The van der Waals surface area contributed by atoms with E-state index in [0.717, 1.165) is 45.0 Å². The molecule has 3 rings (SSSR count). The first-order chi connectivity index (χ1) is 9.29. The molecule has 19 heavy (non-hydrogen) atoms. The molecule has 0 aliphatic carbocycles. The van der Waals surface area contributed by atoms with Crippen molar-refractivity contribution in [3.63, 3.8) is 0 Å². The number of benzene rings is 1. The van der Waals surface area contributed by atoms with E-state index in [4.69, 9.17) is 5.26 Å². The molecule has 4 nitrogen and oxygen atoms in total. The van der Waals surface area contributed by atoms with Gasteiger partial charge in [-0.05, 0) is 12.1 Å². The Kier molecular flexibility index (Phi) is 3.36. The molecule has 100 valence electrons. The van der Waals surface area contributed by atoms with Crippen LogP contribution in [-0.4, -0.2) is 50.2 Å². The first kappa shape index (κ1) is 12.4. The van der Waals surface area contributed by atoms with Gasteiger partial charge in [-0.3, -0.25) is 4.90 Å². The van der Waals surface area contributed by atoms with Gasteiger partial charge in [0.15, 0.2) is 0 Å². The fourth-order valence-electron chi connectivity index (χ4n) is 2.75. The predicted molar refractivity (Wildman–Crippen MR) is 71.6 cm³/mol. The number of nitriles is 1. The number of hydrogen-bond acceptors (Lipinski definition) is 4. The lowest BCUT2D eigenvalue weighted by atomic mass is 10.1. The maximum Gasteiger partial charge on any atom is 0.143 e. The average molecular weight is 260 g/mol. The summed E-state index contributed by atoms with van der Waals surface area (Å²) in [5.41, 5.74) is 0.898. The summed E-state index contributed by atoms with van der Waals surface area (Å²) in [4.78, 5) is 4.59. The van der Waals surface area contributed by atoms with Crippen LogP contribution in [0, 0.1) is 17.1 Å². The highest BCUT2D eigenvalue weighted by atomic mass is 19.1. The Balaban J connectivity index is 1.71. The Bertz CT molecular complexity index is 499. The summed E-state index contributed by atoms with van der Waals surface area (Å²) in [6.07, 6.45) is 0. The van der Waals surface area contributed by atoms with Crippen LogP contribution in [0.1, 0.15) is 5.56 Å². The van der Waals surface area contributed by atoms with Crippen molar-refractivity contribution in [2.24, 2.45) is 0 Å². The number of hydrogen-bond donors (Lipinski definition) is 1. The molecule has 2 heterocycles. The maximum absolute atomic E-state index is 13.6. The van der Waals surface area contributed by atoms with Crippen molar-refractivity contribution in [1.29, 1.82) is 5.26 Å². The molecule has 2 aliphatic heterocycles. The predicted octanol–water partition coefficient (Wildman–Crippen LogP) is 0.791. The molecule has 0 spiro atoms. The van der Waals surface area contributed by atoms with Crippen LogP contribution in [0.5, 0.6) is 0 Å². The molecule has 0 saturated carbocycles. The third kappa shape index (κ3) is 2.29. The van der Waals surface area contributed by atoms with E-state index in [1.807, 2.05) is 12.1 Å². The van der Waals surface area contributed by atoms with Crippen LogP contribution in [0.3, 0.4) is 0 Å². The van der Waals surface area contributed by atoms with Crippen molar-refractivity contribution in [3.8, 4) is 6.07 Å². The largest absolute Gasteiger partial charge is 0.368 e. The normalized spacial score (nSPS) is 20.9. The van der Waals surface area contributed by atoms with Crippen molar-refractivity contribution in [2.75, 3.05) is 44.2 Å². The van der Waals surface area contributed by atoms with Crippen LogP contribution >= 0.6 is 0 Å². The fourth-order valence-corrected chi connectivity index (χ4v) is 2.75. The van der Waals surface area contributed by atoms with E-state index in [9.17, 15) is 4.39 Å². The van der Waals surface area contributed by atoms with E-state index in [0.29, 0.717) is 6.04 Å². The second kappa shape index (κ2) is 5.16. The van der Waals surface area contributed by atoms with E-state index in [2.05, 4.69) is 15.1 Å². The van der Waals surface area contributed by atoms with E-state index in [1.165, 1.54) is 6.07 Å². The number of anilines is 1. The van der Waals surface area contributed by atoms with Gasteiger partial charge in [-0.2, -0.15) is 5.26 Å². The summed E-state index contributed by atoms with van der Waals surface area (Å²) in [5.74, 6) is -0.425. The van der Waals surface area contributed by atoms with Gasteiger partial charge in [0.2, 0.25) is 0 Å². The Labute approximate surface area is 112 Å². The van der Waals surface area contributed by atoms with Gasteiger partial charge in [-0.15, -0.1) is 0 Å². The summed E-state index contributed by atoms with van der Waals surface area (Å²) in [6.45, 7) is 5.82. The monoisotopic (exact) mass is 260 g/mol. The second-order valence-corrected chi connectivity index (χ2v) is 5.08. The molecular weight excluding hydrogens is 243 g/mol. The first-order valence-corrected chi connectivity index (χ1v) is 6.68. The second-order valence-electron chi connectivity index (χ2n) is 5.08. The minimum absolute atomic E-state index is 0.168. The highest BCUT2D eigenvalue weighted by Crippen LogP contribution is 2.24. The summed E-state index contributed by atoms with van der Waals surface area (Å²) >= 11 is 0. The SMILES string of the molecule is N#Cc1c(F)cccc1N1CCN(C2CNC2)CC1. The zero-order chi connectivity index (χ0) is 13.2. The Morgan fingerprint density at radius 2 is 1.95 bits per heavy atom. The lowest BCUT2D eigenvalue weighted by molar-refractivity contribution is 0.138. The van der Waals surface area contributed by atoms with Crippen molar-refractivity contribution in [2.45, 2.75) is 6.04 Å². The van der Waals surface area contributed by atoms with Crippen molar-refractivity contribution in [1.82, 2.24) is 10.2 Å². The van der Waals surface area contributed by atoms with Gasteiger partial charge >= 0.3 is 0 Å². The molecule has 0 aromatic heterocycles. The molecular formula is C14H17FN4. The smallest absolute Gasteiger partial charge is 0.143 e. The van der Waals surface area contributed by atoms with Crippen molar-refractivity contribution in [3.05, 3.63) is 29.6 Å². The van der Waals surface area contributed by atoms with Crippen molar-refractivity contribution >= 4 is 5.69 Å². The number of piperazine rings is 1. The van der Waals surface area contributed by atoms with Crippen molar-refractivity contribution < 1.29 is 4.39 Å². The lowest BCUT2D eigenvalue weighted by Gasteiger charge is -2.44. The third-order valence-electron chi connectivity index (χ3n) is 4.03. The van der Waals surface area contributed by atoms with Crippen LogP contribution in [0.4, 0.5) is 10.1 Å². The molecule has 0 amide bonds. The Morgan fingerprint density at radius 3 is 2.53 bits per heavy atom. The molecule has 0 atom stereocenters.